The Morgan fingerprint density at radius 1 is 0.889 bits per heavy atom. The van der Waals surface area contributed by atoms with Crippen molar-refractivity contribution in [3.63, 3.8) is 0 Å². The molecule has 2 radical (unpaired) electrons. The van der Waals surface area contributed by atoms with E-state index in [0.717, 1.165) is 0 Å². The van der Waals surface area contributed by atoms with E-state index < -0.39 is 31.0 Å². The van der Waals surface area contributed by atoms with Gasteiger partial charge in [0.1, 0.15) is 18.3 Å². The molecule has 0 unspecified atom stereocenters. The molecular formula is C7H22NO9Sb. The second kappa shape index (κ2) is 19.8. The molecule has 114 valence electrons. The predicted octanol–water partition coefficient (Wildman–Crippen LogP) is -5.09. The first-order chi connectivity index (χ1) is 6.04. The van der Waals surface area contributed by atoms with E-state index in [9.17, 15) is 5.11 Å². The monoisotopic (exact) mass is 385 g/mol. The average molecular weight is 386 g/mol. The molecule has 0 aliphatic carbocycles. The normalized spacial score (nSPS) is 15.0. The molecule has 10 nitrogen and oxygen atoms in total. The third-order valence-corrected chi connectivity index (χ3v) is 1.74. The van der Waals surface area contributed by atoms with E-state index in [-0.39, 0.29) is 52.9 Å². The van der Waals surface area contributed by atoms with Crippen molar-refractivity contribution < 1.29 is 47.4 Å². The molecule has 0 amide bonds. The Bertz CT molecular complexity index is 144. The molecular weight excluding hydrogens is 364 g/mol. The van der Waals surface area contributed by atoms with Gasteiger partial charge in [-0.1, -0.05) is 0 Å². The van der Waals surface area contributed by atoms with Crippen LogP contribution >= 0.6 is 0 Å². The molecule has 11 N–H and O–H groups in total. The van der Waals surface area contributed by atoms with Gasteiger partial charge in [0.25, 0.3) is 0 Å². The van der Waals surface area contributed by atoms with Gasteiger partial charge in [-0.2, -0.15) is 0 Å². The van der Waals surface area contributed by atoms with Crippen molar-refractivity contribution in [2.45, 2.75) is 24.4 Å². The van der Waals surface area contributed by atoms with E-state index in [0.29, 0.717) is 0 Å². The maximum absolute atomic E-state index is 9.21. The smallest absolute Gasteiger partial charge is 0.870 e. The van der Waals surface area contributed by atoms with Gasteiger partial charge < -0.3 is 52.8 Å². The standard InChI is InChI=1S/C7H17NO5.4H2O.Sb/c1-8-2-4(10)6(12)7(13)5(11)3-9;;;;;/h4-13H,2-3H2,1H3;4*1H2;/q;;;;;+3/p-3/t4-,5+,6+,7+;;;;;/m0...../s1. The van der Waals surface area contributed by atoms with E-state index in [4.69, 9.17) is 20.4 Å². The van der Waals surface area contributed by atoms with Gasteiger partial charge in [0.15, 0.2) is 0 Å². The van der Waals surface area contributed by atoms with Gasteiger partial charge in [-0.25, -0.2) is 0 Å². The maximum Gasteiger partial charge on any atom is 3.00 e. The SMILES string of the molecule is CNC[C@H](O)[C@@H](O)[C@H](O)[C@H](O)CO.O.[OH-].[OH-].[OH-].[Sb+3]. The second-order valence-corrected chi connectivity index (χ2v) is 2.86. The first kappa shape index (κ1) is 36.2. The number of aliphatic hydroxyl groups is 5. The van der Waals surface area contributed by atoms with Gasteiger partial charge in [0, 0.05) is 6.54 Å². The molecule has 0 heterocycles. The van der Waals surface area contributed by atoms with Crippen molar-refractivity contribution in [3.8, 4) is 0 Å². The molecule has 0 rings (SSSR count). The fourth-order valence-electron chi connectivity index (χ4n) is 0.893. The molecule has 0 saturated carbocycles. The minimum absolute atomic E-state index is 0. The van der Waals surface area contributed by atoms with E-state index >= 15 is 0 Å². The number of hydrogen-bond acceptors (Lipinski definition) is 9. The van der Waals surface area contributed by atoms with E-state index in [1.54, 1.807) is 7.05 Å². The second-order valence-electron chi connectivity index (χ2n) is 2.86. The Morgan fingerprint density at radius 2 is 1.22 bits per heavy atom. The Balaban J connectivity index is -0.0000000720. The van der Waals surface area contributed by atoms with Gasteiger partial charge in [-0.3, -0.25) is 0 Å². The first-order valence-corrected chi connectivity index (χ1v) is 4.02. The van der Waals surface area contributed by atoms with Crippen molar-refractivity contribution in [1.82, 2.24) is 5.32 Å². The van der Waals surface area contributed by atoms with Crippen LogP contribution in [0.15, 0.2) is 0 Å². The molecule has 0 aliphatic heterocycles. The van der Waals surface area contributed by atoms with Crippen LogP contribution < -0.4 is 5.32 Å². The Morgan fingerprint density at radius 3 is 1.50 bits per heavy atom. The molecule has 0 aromatic heterocycles. The van der Waals surface area contributed by atoms with Crippen LogP contribution in [0.2, 0.25) is 0 Å². The van der Waals surface area contributed by atoms with Crippen molar-refractivity contribution in [2.75, 3.05) is 20.2 Å². The third-order valence-electron chi connectivity index (χ3n) is 1.74. The van der Waals surface area contributed by atoms with Crippen LogP contribution in [0.4, 0.5) is 0 Å². The van der Waals surface area contributed by atoms with Crippen LogP contribution in [0.1, 0.15) is 0 Å². The van der Waals surface area contributed by atoms with Gasteiger partial charge in [-0.15, -0.1) is 0 Å². The zero-order valence-electron chi connectivity index (χ0n) is 9.75. The van der Waals surface area contributed by atoms with E-state index in [2.05, 4.69) is 5.32 Å². The van der Waals surface area contributed by atoms with E-state index in [1.807, 2.05) is 0 Å². The topological polar surface area (TPSA) is 235 Å². The number of aliphatic hydroxyl groups excluding tert-OH is 5. The summed E-state index contributed by atoms with van der Waals surface area (Å²) in [5.41, 5.74) is 0. The third kappa shape index (κ3) is 12.9. The zero-order chi connectivity index (χ0) is 10.4. The van der Waals surface area contributed by atoms with Crippen molar-refractivity contribution in [3.05, 3.63) is 0 Å². The minimum Gasteiger partial charge on any atom is -0.870 e. The van der Waals surface area contributed by atoms with Gasteiger partial charge in [-0.05, 0) is 7.05 Å². The summed E-state index contributed by atoms with van der Waals surface area (Å²) in [6.07, 6.45) is -5.65. The van der Waals surface area contributed by atoms with Crippen LogP contribution in [0.5, 0.6) is 0 Å². The molecule has 4 atom stereocenters. The summed E-state index contributed by atoms with van der Waals surface area (Å²) >= 11 is 0. The summed E-state index contributed by atoms with van der Waals surface area (Å²) in [5.74, 6) is 0. The molecule has 0 aromatic rings. The maximum atomic E-state index is 9.21. The van der Waals surface area contributed by atoms with Crippen LogP contribution in [0.3, 0.4) is 0 Å². The quantitative estimate of drug-likeness (QED) is 0.239. The van der Waals surface area contributed by atoms with Crippen LogP contribution in [0.25, 0.3) is 0 Å². The number of rotatable bonds is 6. The van der Waals surface area contributed by atoms with Crippen LogP contribution in [0, 0.1) is 0 Å². The van der Waals surface area contributed by atoms with Crippen molar-refractivity contribution >= 4 is 24.4 Å². The zero-order valence-corrected chi connectivity index (χ0v) is 12.3. The molecule has 0 saturated heterocycles. The molecule has 0 fully saturated rings. The molecule has 0 spiro atoms. The summed E-state index contributed by atoms with van der Waals surface area (Å²) in [5, 5.41) is 47.5. The fraction of sp³-hybridized carbons (Fsp3) is 1.00. The number of hydrogen-bond donors (Lipinski definition) is 6. The van der Waals surface area contributed by atoms with Crippen molar-refractivity contribution in [2.24, 2.45) is 0 Å². The average Bonchev–Trinajstić information content (AvgIpc) is 2.14. The Hall–Kier alpha value is 0.418. The fourth-order valence-corrected chi connectivity index (χ4v) is 0.893. The molecule has 11 heteroatoms. The number of likely N-dealkylation sites (N-methyl/N-ethyl adjacent to an activating group) is 1. The molecule has 0 bridgehead atoms. The summed E-state index contributed by atoms with van der Waals surface area (Å²) in [6.45, 7) is -0.569. The molecule has 0 aromatic carbocycles. The molecule has 0 aliphatic rings. The van der Waals surface area contributed by atoms with Crippen molar-refractivity contribution in [1.29, 1.82) is 0 Å². The summed E-state index contributed by atoms with van der Waals surface area (Å²) in [6, 6.07) is 0. The summed E-state index contributed by atoms with van der Waals surface area (Å²) in [4.78, 5) is 0. The van der Waals surface area contributed by atoms with Crippen LogP contribution in [-0.2, 0) is 0 Å². The van der Waals surface area contributed by atoms with Gasteiger partial charge >= 0.3 is 24.4 Å². The Kier molecular flexibility index (Phi) is 39.8. The minimum atomic E-state index is -1.55. The molecule has 18 heavy (non-hydrogen) atoms. The van der Waals surface area contributed by atoms with E-state index in [1.165, 1.54) is 0 Å². The largest absolute Gasteiger partial charge is 3.00 e. The predicted molar refractivity (Wildman–Crippen MR) is 60.2 cm³/mol. The summed E-state index contributed by atoms with van der Waals surface area (Å²) in [7, 11) is 1.57. The van der Waals surface area contributed by atoms with Gasteiger partial charge in [0.2, 0.25) is 0 Å². The number of nitrogens with one attached hydrogen (secondary N) is 1. The van der Waals surface area contributed by atoms with Crippen LogP contribution in [-0.4, -0.2) is 116 Å². The Labute approximate surface area is 122 Å². The first-order valence-electron chi connectivity index (χ1n) is 4.02. The van der Waals surface area contributed by atoms with Gasteiger partial charge in [0.05, 0.1) is 12.7 Å². The summed E-state index contributed by atoms with van der Waals surface area (Å²) < 4.78 is 0.